The first-order valence-electron chi connectivity index (χ1n) is 7.04. The van der Waals surface area contributed by atoms with E-state index in [0.29, 0.717) is 13.1 Å². The summed E-state index contributed by atoms with van der Waals surface area (Å²) in [6, 6.07) is 12.6. The molecular formula is C17H20O3. The van der Waals surface area contributed by atoms with E-state index in [1.54, 1.807) is 0 Å². The van der Waals surface area contributed by atoms with Crippen LogP contribution >= 0.6 is 0 Å². The van der Waals surface area contributed by atoms with Crippen LogP contribution in [0.5, 0.6) is 5.75 Å². The maximum atomic E-state index is 10.1. The van der Waals surface area contributed by atoms with Crippen LogP contribution in [0.4, 0.5) is 0 Å². The Hall–Kier alpha value is -2.03. The lowest BCUT2D eigenvalue weighted by Crippen LogP contribution is -1.95. The maximum absolute atomic E-state index is 10.1. The Balaban J connectivity index is 2.07. The maximum Gasteiger partial charge on any atom is 0.293 e. The van der Waals surface area contributed by atoms with E-state index >= 15 is 0 Å². The van der Waals surface area contributed by atoms with Crippen molar-refractivity contribution in [2.45, 2.75) is 26.2 Å². The molecule has 0 fully saturated rings. The predicted molar refractivity (Wildman–Crippen MR) is 80.1 cm³/mol. The van der Waals surface area contributed by atoms with E-state index in [1.165, 1.54) is 16.3 Å². The number of hydrogen-bond donors (Lipinski definition) is 0. The third-order valence-corrected chi connectivity index (χ3v) is 3.14. The summed E-state index contributed by atoms with van der Waals surface area (Å²) in [5.41, 5.74) is 1.25. The van der Waals surface area contributed by atoms with Crippen molar-refractivity contribution in [3.8, 4) is 5.75 Å². The van der Waals surface area contributed by atoms with Crippen molar-refractivity contribution >= 4 is 17.2 Å². The summed E-state index contributed by atoms with van der Waals surface area (Å²) < 4.78 is 10.4. The molecule has 3 heteroatoms. The second-order valence-corrected chi connectivity index (χ2v) is 4.76. The minimum atomic E-state index is 0.473. The molecule has 0 bridgehead atoms. The van der Waals surface area contributed by atoms with Crippen molar-refractivity contribution in [1.29, 1.82) is 0 Å². The summed E-state index contributed by atoms with van der Waals surface area (Å²) in [5, 5.41) is 2.40. The van der Waals surface area contributed by atoms with E-state index in [4.69, 9.17) is 9.47 Å². The molecule has 0 N–H and O–H groups in total. The summed E-state index contributed by atoms with van der Waals surface area (Å²) in [5.74, 6) is 0.917. The first kappa shape index (κ1) is 14.4. The Morgan fingerprint density at radius 2 is 1.90 bits per heavy atom. The van der Waals surface area contributed by atoms with Crippen LogP contribution in [0.15, 0.2) is 36.4 Å². The molecule has 2 rings (SSSR count). The van der Waals surface area contributed by atoms with Gasteiger partial charge in [0.05, 0.1) is 13.2 Å². The molecular weight excluding hydrogens is 252 g/mol. The molecule has 2 aromatic rings. The minimum Gasteiger partial charge on any atom is -0.494 e. The van der Waals surface area contributed by atoms with Crippen LogP contribution in [-0.2, 0) is 16.0 Å². The fourth-order valence-corrected chi connectivity index (χ4v) is 2.15. The smallest absolute Gasteiger partial charge is 0.293 e. The second kappa shape index (κ2) is 7.53. The van der Waals surface area contributed by atoms with Gasteiger partial charge in [-0.2, -0.15) is 0 Å². The minimum absolute atomic E-state index is 0.473. The zero-order valence-electron chi connectivity index (χ0n) is 11.8. The lowest BCUT2D eigenvalue weighted by Gasteiger charge is -2.07. The number of rotatable bonds is 8. The molecule has 0 heterocycles. The van der Waals surface area contributed by atoms with Crippen LogP contribution in [0.1, 0.15) is 25.3 Å². The molecule has 0 aliphatic rings. The standard InChI is InChI=1S/C17H20O3/c1-2-9-20-17-8-7-15-6-5-14(11-16(15)12-17)4-3-10-19-13-18/h5-8,11-13H,2-4,9-10H2,1H3. The van der Waals surface area contributed by atoms with Crippen LogP contribution in [0.2, 0.25) is 0 Å². The molecule has 0 saturated heterocycles. The highest BCUT2D eigenvalue weighted by Crippen LogP contribution is 2.22. The molecule has 0 atom stereocenters. The SMILES string of the molecule is CCCOc1ccc2ccc(CCCOC=O)cc2c1. The molecule has 0 spiro atoms. The summed E-state index contributed by atoms with van der Waals surface area (Å²) in [7, 11) is 0. The Labute approximate surface area is 119 Å². The number of aryl methyl sites for hydroxylation is 1. The van der Waals surface area contributed by atoms with E-state index < -0.39 is 0 Å². The molecule has 0 radical (unpaired) electrons. The highest BCUT2D eigenvalue weighted by atomic mass is 16.5. The summed E-state index contributed by atoms with van der Waals surface area (Å²) >= 11 is 0. The molecule has 0 unspecified atom stereocenters. The van der Waals surface area contributed by atoms with Gasteiger partial charge in [-0.05, 0) is 47.7 Å². The fraction of sp³-hybridized carbons (Fsp3) is 0.353. The van der Waals surface area contributed by atoms with Crippen LogP contribution in [-0.4, -0.2) is 19.7 Å². The molecule has 0 aromatic heterocycles. The number of carbonyl (C=O) groups is 1. The molecule has 0 saturated carbocycles. The van der Waals surface area contributed by atoms with Crippen molar-refractivity contribution in [2.75, 3.05) is 13.2 Å². The first-order chi connectivity index (χ1) is 9.83. The van der Waals surface area contributed by atoms with Crippen molar-refractivity contribution < 1.29 is 14.3 Å². The third-order valence-electron chi connectivity index (χ3n) is 3.14. The zero-order chi connectivity index (χ0) is 14.2. The second-order valence-electron chi connectivity index (χ2n) is 4.76. The van der Waals surface area contributed by atoms with Crippen LogP contribution in [0, 0.1) is 0 Å². The van der Waals surface area contributed by atoms with Crippen molar-refractivity contribution in [3.63, 3.8) is 0 Å². The lowest BCUT2D eigenvalue weighted by molar-refractivity contribution is -0.128. The van der Waals surface area contributed by atoms with E-state index in [9.17, 15) is 4.79 Å². The van der Waals surface area contributed by atoms with E-state index in [0.717, 1.165) is 31.6 Å². The van der Waals surface area contributed by atoms with Gasteiger partial charge in [-0.15, -0.1) is 0 Å². The zero-order valence-corrected chi connectivity index (χ0v) is 11.8. The summed E-state index contributed by atoms with van der Waals surface area (Å²) in [4.78, 5) is 10.1. The van der Waals surface area contributed by atoms with Gasteiger partial charge in [-0.3, -0.25) is 4.79 Å². The number of fused-ring (bicyclic) bond motifs is 1. The number of hydrogen-bond acceptors (Lipinski definition) is 3. The normalized spacial score (nSPS) is 10.4. The highest BCUT2D eigenvalue weighted by molar-refractivity contribution is 5.84. The average Bonchev–Trinajstić information content (AvgIpc) is 2.49. The Morgan fingerprint density at radius 1 is 1.05 bits per heavy atom. The van der Waals surface area contributed by atoms with E-state index in [-0.39, 0.29) is 0 Å². The van der Waals surface area contributed by atoms with Gasteiger partial charge in [0.25, 0.3) is 6.47 Å². The van der Waals surface area contributed by atoms with Crippen molar-refractivity contribution in [1.82, 2.24) is 0 Å². The topological polar surface area (TPSA) is 35.5 Å². The Kier molecular flexibility index (Phi) is 5.42. The van der Waals surface area contributed by atoms with Crippen molar-refractivity contribution in [2.24, 2.45) is 0 Å². The van der Waals surface area contributed by atoms with Gasteiger partial charge >= 0.3 is 0 Å². The number of benzene rings is 2. The summed E-state index contributed by atoms with van der Waals surface area (Å²) in [6.45, 7) is 3.81. The molecule has 0 aliphatic heterocycles. The molecule has 106 valence electrons. The van der Waals surface area contributed by atoms with Crippen molar-refractivity contribution in [3.05, 3.63) is 42.0 Å². The van der Waals surface area contributed by atoms with E-state index in [1.807, 2.05) is 6.07 Å². The summed E-state index contributed by atoms with van der Waals surface area (Å²) in [6.07, 6.45) is 2.76. The largest absolute Gasteiger partial charge is 0.494 e. The van der Waals surface area contributed by atoms with Gasteiger partial charge in [0, 0.05) is 0 Å². The number of carbonyl (C=O) groups excluding carboxylic acids is 1. The Morgan fingerprint density at radius 3 is 2.70 bits per heavy atom. The third kappa shape index (κ3) is 3.98. The van der Waals surface area contributed by atoms with Gasteiger partial charge < -0.3 is 9.47 Å². The molecule has 3 nitrogen and oxygen atoms in total. The molecule has 0 amide bonds. The average molecular weight is 272 g/mol. The predicted octanol–water partition coefficient (Wildman–Crippen LogP) is 3.73. The van der Waals surface area contributed by atoms with Gasteiger partial charge in [0.1, 0.15) is 5.75 Å². The van der Waals surface area contributed by atoms with Gasteiger partial charge in [0.15, 0.2) is 0 Å². The van der Waals surface area contributed by atoms with Gasteiger partial charge in [-0.1, -0.05) is 31.2 Å². The number of ether oxygens (including phenoxy) is 2. The fourth-order valence-electron chi connectivity index (χ4n) is 2.15. The molecule has 0 aliphatic carbocycles. The van der Waals surface area contributed by atoms with Crippen LogP contribution in [0.3, 0.4) is 0 Å². The van der Waals surface area contributed by atoms with Gasteiger partial charge in [0.2, 0.25) is 0 Å². The molecule has 2 aromatic carbocycles. The lowest BCUT2D eigenvalue weighted by atomic mass is 10.0. The Bertz CT molecular complexity index is 563. The monoisotopic (exact) mass is 272 g/mol. The highest BCUT2D eigenvalue weighted by Gasteiger charge is 2.00. The molecule has 20 heavy (non-hydrogen) atoms. The first-order valence-corrected chi connectivity index (χ1v) is 7.04. The quantitative estimate of drug-likeness (QED) is 0.542. The van der Waals surface area contributed by atoms with E-state index in [2.05, 4.69) is 37.3 Å². The van der Waals surface area contributed by atoms with Crippen LogP contribution in [0.25, 0.3) is 10.8 Å². The van der Waals surface area contributed by atoms with Gasteiger partial charge in [-0.25, -0.2) is 0 Å². The van der Waals surface area contributed by atoms with Crippen LogP contribution < -0.4 is 4.74 Å².